The molecule has 0 saturated heterocycles. The van der Waals surface area contributed by atoms with E-state index in [9.17, 15) is 26.5 Å². The Morgan fingerprint density at radius 1 is 0.636 bits per heavy atom. The van der Waals surface area contributed by atoms with Gasteiger partial charge in [0, 0.05) is 22.2 Å². The number of halogens is 6. The Kier molecular flexibility index (Phi) is 7.77. The minimum atomic E-state index is -1.65. The maximum atomic E-state index is 14.4. The topological polar surface area (TPSA) is 9.23 Å². The number of rotatable bonds is 4. The Morgan fingerprint density at radius 2 is 1.18 bits per heavy atom. The molecule has 0 N–H and O–H groups in total. The third-order valence-corrected chi connectivity index (χ3v) is 4.82. The molecular formula is C26H18F6O. The van der Waals surface area contributed by atoms with Gasteiger partial charge in [0.1, 0.15) is 12.5 Å². The lowest BCUT2D eigenvalue weighted by Gasteiger charge is -2.08. The van der Waals surface area contributed by atoms with Gasteiger partial charge in [0.25, 0.3) is 0 Å². The summed E-state index contributed by atoms with van der Waals surface area (Å²) in [4.78, 5) is 2.98. The number of benzene rings is 4. The minimum absolute atomic E-state index is 0.272. The average Bonchev–Trinajstić information content (AvgIpc) is 2.83. The molecule has 0 heterocycles. The minimum Gasteiger partial charge on any atom is -0.294 e. The fourth-order valence-corrected chi connectivity index (χ4v) is 3.02. The van der Waals surface area contributed by atoms with Gasteiger partial charge in [-0.15, -0.1) is 0 Å². The van der Waals surface area contributed by atoms with E-state index in [0.717, 1.165) is 16.7 Å². The van der Waals surface area contributed by atoms with Crippen LogP contribution in [0.4, 0.5) is 26.5 Å². The molecule has 7 heteroatoms. The highest BCUT2D eigenvalue weighted by molar-refractivity contribution is 5.71. The molecule has 4 rings (SSSR count). The van der Waals surface area contributed by atoms with E-state index in [2.05, 4.69) is 4.94 Å². The van der Waals surface area contributed by atoms with Gasteiger partial charge >= 0.3 is 0 Å². The second-order valence-electron chi connectivity index (χ2n) is 7.17. The summed E-state index contributed by atoms with van der Waals surface area (Å²) in [7, 11) is 0. The Balaban J connectivity index is 0.000000235. The van der Waals surface area contributed by atoms with Gasteiger partial charge in [-0.1, -0.05) is 66.2 Å². The summed E-state index contributed by atoms with van der Waals surface area (Å²) in [6.45, 7) is 1.52. The standard InChI is InChI=1S/C20H16F2.C6H2F4O/c1-14-2-6-16(7-3-14)18-10-11-19(20(22)12-18)17-8-4-15(13-21)5-9-17;7-4-1-3(11-10)2-5(8)6(4)9/h2-12H,13H2,1H3;1-2H. The molecule has 0 fully saturated rings. The fourth-order valence-electron chi connectivity index (χ4n) is 3.02. The lowest BCUT2D eigenvalue weighted by molar-refractivity contribution is -0.00711. The normalized spacial score (nSPS) is 10.4. The van der Waals surface area contributed by atoms with E-state index in [-0.39, 0.29) is 5.82 Å². The summed E-state index contributed by atoms with van der Waals surface area (Å²) in [6.07, 6.45) is 0. The van der Waals surface area contributed by atoms with E-state index < -0.39 is 29.9 Å². The zero-order valence-corrected chi connectivity index (χ0v) is 17.4. The summed E-state index contributed by atoms with van der Waals surface area (Å²) in [5, 5.41) is 0. The fraction of sp³-hybridized carbons (Fsp3) is 0.0769. The maximum absolute atomic E-state index is 14.4. The van der Waals surface area contributed by atoms with Gasteiger partial charge in [-0.2, -0.15) is 0 Å². The monoisotopic (exact) mass is 460 g/mol. The van der Waals surface area contributed by atoms with Gasteiger partial charge < -0.3 is 0 Å². The lowest BCUT2D eigenvalue weighted by Crippen LogP contribution is -1.90. The highest BCUT2D eigenvalue weighted by atomic mass is 19.3. The highest BCUT2D eigenvalue weighted by Gasteiger charge is 2.11. The van der Waals surface area contributed by atoms with Crippen molar-refractivity contribution in [3.63, 3.8) is 0 Å². The van der Waals surface area contributed by atoms with Crippen molar-refractivity contribution < 1.29 is 31.4 Å². The van der Waals surface area contributed by atoms with Crippen molar-refractivity contribution in [3.05, 3.63) is 113 Å². The number of hydrogen-bond acceptors (Lipinski definition) is 1. The van der Waals surface area contributed by atoms with Crippen molar-refractivity contribution >= 4 is 0 Å². The van der Waals surface area contributed by atoms with Crippen LogP contribution in [-0.4, -0.2) is 0 Å². The molecular weight excluding hydrogens is 442 g/mol. The second kappa shape index (κ2) is 10.7. The summed E-state index contributed by atoms with van der Waals surface area (Å²) < 4.78 is 74.7. The quantitative estimate of drug-likeness (QED) is 0.220. The average molecular weight is 460 g/mol. The van der Waals surface area contributed by atoms with Gasteiger partial charge in [0.05, 0.1) is 0 Å². The van der Waals surface area contributed by atoms with Gasteiger partial charge in [0.2, 0.25) is 0 Å². The Labute approximate surface area is 186 Å². The molecule has 0 aliphatic carbocycles. The molecule has 0 radical (unpaired) electrons. The molecule has 4 aromatic carbocycles. The molecule has 0 aliphatic rings. The van der Waals surface area contributed by atoms with Crippen molar-refractivity contribution in [1.82, 2.24) is 0 Å². The molecule has 0 aromatic heterocycles. The van der Waals surface area contributed by atoms with Crippen LogP contribution in [0, 0.1) is 30.2 Å². The predicted molar refractivity (Wildman–Crippen MR) is 115 cm³/mol. The van der Waals surface area contributed by atoms with Crippen LogP contribution in [0.2, 0.25) is 0 Å². The molecule has 0 bridgehead atoms. The maximum Gasteiger partial charge on any atom is 0.194 e. The van der Waals surface area contributed by atoms with Crippen LogP contribution < -0.4 is 4.94 Å². The number of hydrogen-bond donors (Lipinski definition) is 0. The molecule has 0 aliphatic heterocycles. The smallest absolute Gasteiger partial charge is 0.194 e. The van der Waals surface area contributed by atoms with Crippen molar-refractivity contribution in [2.45, 2.75) is 13.6 Å². The van der Waals surface area contributed by atoms with Crippen molar-refractivity contribution in [2.24, 2.45) is 0 Å². The van der Waals surface area contributed by atoms with Crippen LogP contribution in [0.1, 0.15) is 11.1 Å². The third kappa shape index (κ3) is 5.94. The summed E-state index contributed by atoms with van der Waals surface area (Å²) in [6, 6.07) is 20.9. The Hall–Kier alpha value is -3.74. The number of aryl methyl sites for hydroxylation is 1. The first-order chi connectivity index (χ1) is 15.8. The zero-order chi connectivity index (χ0) is 24.0. The molecule has 0 amide bonds. The third-order valence-electron chi connectivity index (χ3n) is 4.82. The molecule has 170 valence electrons. The molecule has 4 aromatic rings. The van der Waals surface area contributed by atoms with Gasteiger partial charge in [0.15, 0.2) is 23.2 Å². The molecule has 33 heavy (non-hydrogen) atoms. The van der Waals surface area contributed by atoms with Crippen LogP contribution in [0.5, 0.6) is 5.75 Å². The van der Waals surface area contributed by atoms with Crippen molar-refractivity contribution in [1.29, 1.82) is 0 Å². The van der Waals surface area contributed by atoms with Crippen LogP contribution in [0.25, 0.3) is 22.3 Å². The second-order valence-corrected chi connectivity index (χ2v) is 7.17. The molecule has 0 atom stereocenters. The van der Waals surface area contributed by atoms with Crippen LogP contribution in [0.15, 0.2) is 78.9 Å². The molecule has 0 unspecified atom stereocenters. The van der Waals surface area contributed by atoms with Crippen LogP contribution in [-0.2, 0) is 6.67 Å². The van der Waals surface area contributed by atoms with Crippen LogP contribution in [0.3, 0.4) is 0 Å². The lowest BCUT2D eigenvalue weighted by atomic mass is 9.98. The van der Waals surface area contributed by atoms with Gasteiger partial charge in [-0.25, -0.2) is 22.0 Å². The Bertz CT molecular complexity index is 1200. The Morgan fingerprint density at radius 3 is 1.70 bits per heavy atom. The number of alkyl halides is 1. The molecule has 0 spiro atoms. The van der Waals surface area contributed by atoms with Gasteiger partial charge in [-0.05, 0) is 35.2 Å². The molecule has 1 nitrogen and oxygen atoms in total. The van der Waals surface area contributed by atoms with E-state index in [1.54, 1.807) is 36.4 Å². The SMILES string of the molecule is Cc1ccc(-c2ccc(-c3ccc(CF)cc3)c(F)c2)cc1.FOc1cc(F)c(F)c(F)c1. The van der Waals surface area contributed by atoms with E-state index in [4.69, 9.17) is 0 Å². The molecule has 0 saturated carbocycles. The zero-order valence-electron chi connectivity index (χ0n) is 17.4. The van der Waals surface area contributed by atoms with Crippen LogP contribution >= 0.6 is 0 Å². The first kappa shape index (κ1) is 23.9. The van der Waals surface area contributed by atoms with Crippen molar-refractivity contribution in [3.8, 4) is 28.0 Å². The van der Waals surface area contributed by atoms with E-state index in [1.807, 2.05) is 37.3 Å². The van der Waals surface area contributed by atoms with E-state index in [0.29, 0.717) is 23.3 Å². The highest BCUT2D eigenvalue weighted by Crippen LogP contribution is 2.28. The summed E-state index contributed by atoms with van der Waals surface area (Å²) in [5.41, 5.74) is 4.89. The van der Waals surface area contributed by atoms with E-state index >= 15 is 0 Å². The first-order valence-electron chi connectivity index (χ1n) is 9.77. The summed E-state index contributed by atoms with van der Waals surface area (Å²) in [5.74, 6) is -5.60. The predicted octanol–water partition coefficient (Wildman–Crippen LogP) is 8.30. The largest absolute Gasteiger partial charge is 0.294 e. The van der Waals surface area contributed by atoms with E-state index in [1.165, 1.54) is 5.56 Å². The first-order valence-corrected chi connectivity index (χ1v) is 9.77. The van der Waals surface area contributed by atoms with Crippen molar-refractivity contribution in [2.75, 3.05) is 0 Å². The summed E-state index contributed by atoms with van der Waals surface area (Å²) >= 11 is 0. The van der Waals surface area contributed by atoms with Gasteiger partial charge in [-0.3, -0.25) is 4.94 Å².